The van der Waals surface area contributed by atoms with Crippen molar-refractivity contribution in [1.29, 1.82) is 0 Å². The summed E-state index contributed by atoms with van der Waals surface area (Å²) in [6, 6.07) is 5.70. The normalized spacial score (nSPS) is 18.2. The van der Waals surface area contributed by atoms with Crippen LogP contribution in [0.15, 0.2) is 29.8 Å². The Morgan fingerprint density at radius 1 is 1.36 bits per heavy atom. The summed E-state index contributed by atoms with van der Waals surface area (Å²) in [5.41, 5.74) is 1.85. The van der Waals surface area contributed by atoms with Gasteiger partial charge in [0.15, 0.2) is 0 Å². The molecule has 22 heavy (non-hydrogen) atoms. The molecular formula is C15H19ClN4OS. The molecule has 118 valence electrons. The lowest BCUT2D eigenvalue weighted by Crippen LogP contribution is -2.42. The van der Waals surface area contributed by atoms with Gasteiger partial charge in [0.1, 0.15) is 5.01 Å². The molecule has 0 radical (unpaired) electrons. The number of thiazole rings is 1. The predicted octanol–water partition coefficient (Wildman–Crippen LogP) is 2.39. The van der Waals surface area contributed by atoms with Crippen LogP contribution in [-0.4, -0.2) is 28.5 Å². The van der Waals surface area contributed by atoms with Gasteiger partial charge in [0, 0.05) is 24.7 Å². The first-order valence-electron chi connectivity index (χ1n) is 7.20. The summed E-state index contributed by atoms with van der Waals surface area (Å²) < 4.78 is 0. The van der Waals surface area contributed by atoms with E-state index < -0.39 is 0 Å². The van der Waals surface area contributed by atoms with Crippen LogP contribution in [0.2, 0.25) is 0 Å². The predicted molar refractivity (Wildman–Crippen MR) is 90.1 cm³/mol. The second-order valence-electron chi connectivity index (χ2n) is 5.08. The van der Waals surface area contributed by atoms with Crippen molar-refractivity contribution < 1.29 is 4.79 Å². The summed E-state index contributed by atoms with van der Waals surface area (Å²) in [7, 11) is 0. The number of rotatable bonds is 4. The first-order valence-corrected chi connectivity index (χ1v) is 8.08. The Kier molecular flexibility index (Phi) is 6.30. The minimum atomic E-state index is -0.104. The van der Waals surface area contributed by atoms with Gasteiger partial charge in [0.25, 0.3) is 0 Å². The Hall–Kier alpha value is -1.50. The van der Waals surface area contributed by atoms with E-state index in [1.807, 2.05) is 23.6 Å². The maximum atomic E-state index is 11.9. The molecule has 3 heterocycles. The quantitative estimate of drug-likeness (QED) is 0.898. The third-order valence-electron chi connectivity index (χ3n) is 3.50. The van der Waals surface area contributed by atoms with Gasteiger partial charge in [-0.3, -0.25) is 9.78 Å². The van der Waals surface area contributed by atoms with Crippen molar-refractivity contribution in [3.8, 4) is 10.7 Å². The first kappa shape index (κ1) is 16.9. The smallest absolute Gasteiger partial charge is 0.237 e. The van der Waals surface area contributed by atoms with Gasteiger partial charge in [-0.05, 0) is 31.4 Å². The minimum absolute atomic E-state index is 0. The molecule has 0 saturated carbocycles. The third kappa shape index (κ3) is 4.25. The molecule has 0 bridgehead atoms. The molecule has 1 aliphatic heterocycles. The average Bonchev–Trinajstić information content (AvgIpc) is 2.90. The Morgan fingerprint density at radius 2 is 2.27 bits per heavy atom. The minimum Gasteiger partial charge on any atom is -0.355 e. The Morgan fingerprint density at radius 3 is 3.09 bits per heavy atom. The van der Waals surface area contributed by atoms with Crippen LogP contribution in [0.3, 0.4) is 0 Å². The molecule has 1 aliphatic rings. The van der Waals surface area contributed by atoms with Crippen LogP contribution in [0, 0.1) is 0 Å². The highest BCUT2D eigenvalue weighted by Crippen LogP contribution is 2.21. The molecule has 0 aromatic carbocycles. The Labute approximate surface area is 140 Å². The first-order chi connectivity index (χ1) is 10.3. The average molecular weight is 339 g/mol. The van der Waals surface area contributed by atoms with Crippen LogP contribution in [0.1, 0.15) is 25.0 Å². The van der Waals surface area contributed by atoms with E-state index in [0.29, 0.717) is 6.54 Å². The Bertz CT molecular complexity index is 605. The summed E-state index contributed by atoms with van der Waals surface area (Å²) in [5, 5.41) is 9.17. The molecule has 1 fully saturated rings. The summed E-state index contributed by atoms with van der Waals surface area (Å²) in [6.07, 6.45) is 4.80. The van der Waals surface area contributed by atoms with E-state index in [9.17, 15) is 4.79 Å². The molecule has 0 aliphatic carbocycles. The molecule has 2 aromatic rings. The van der Waals surface area contributed by atoms with Crippen molar-refractivity contribution in [2.75, 3.05) is 6.54 Å². The number of carbonyl (C=O) groups excluding carboxylic acids is 1. The Balaban J connectivity index is 0.00000176. The summed E-state index contributed by atoms with van der Waals surface area (Å²) in [5.74, 6) is 0.104. The zero-order chi connectivity index (χ0) is 14.5. The van der Waals surface area contributed by atoms with Crippen molar-refractivity contribution >= 4 is 29.7 Å². The summed E-state index contributed by atoms with van der Waals surface area (Å²) in [6.45, 7) is 1.40. The van der Waals surface area contributed by atoms with Gasteiger partial charge >= 0.3 is 0 Å². The SMILES string of the molecule is Cl.O=C1NCCCCC1NCc1csc(-c2ccccn2)n1. The molecule has 0 spiro atoms. The number of hydrogen-bond donors (Lipinski definition) is 2. The fourth-order valence-corrected chi connectivity index (χ4v) is 3.15. The van der Waals surface area contributed by atoms with Crippen molar-refractivity contribution in [2.24, 2.45) is 0 Å². The molecule has 7 heteroatoms. The zero-order valence-electron chi connectivity index (χ0n) is 12.1. The monoisotopic (exact) mass is 338 g/mol. The molecule has 1 amide bonds. The van der Waals surface area contributed by atoms with E-state index in [2.05, 4.69) is 20.6 Å². The number of pyridine rings is 1. The lowest BCUT2D eigenvalue weighted by Gasteiger charge is -2.13. The number of nitrogens with one attached hydrogen (secondary N) is 2. The van der Waals surface area contributed by atoms with Gasteiger partial charge in [-0.1, -0.05) is 6.07 Å². The standard InChI is InChI=1S/C15H18N4OS.ClH/c20-14-12(5-1-4-8-17-14)18-9-11-10-21-15(19-11)13-6-2-3-7-16-13;/h2-3,6-7,10,12,18H,1,4-5,8-9H2,(H,17,20);1H. The number of hydrogen-bond acceptors (Lipinski definition) is 5. The largest absolute Gasteiger partial charge is 0.355 e. The maximum absolute atomic E-state index is 11.9. The summed E-state index contributed by atoms with van der Waals surface area (Å²) in [4.78, 5) is 20.7. The lowest BCUT2D eigenvalue weighted by atomic mass is 10.1. The molecule has 2 aromatic heterocycles. The maximum Gasteiger partial charge on any atom is 0.237 e. The second kappa shape index (κ2) is 8.22. The van der Waals surface area contributed by atoms with Crippen LogP contribution in [0.25, 0.3) is 10.7 Å². The van der Waals surface area contributed by atoms with Crippen molar-refractivity contribution in [3.63, 3.8) is 0 Å². The highest BCUT2D eigenvalue weighted by atomic mass is 35.5. The molecule has 3 rings (SSSR count). The van der Waals surface area contributed by atoms with Gasteiger partial charge in [-0.25, -0.2) is 4.98 Å². The van der Waals surface area contributed by atoms with Crippen LogP contribution in [-0.2, 0) is 11.3 Å². The van der Waals surface area contributed by atoms with E-state index in [1.54, 1.807) is 17.5 Å². The fourth-order valence-electron chi connectivity index (χ4n) is 2.36. The summed E-state index contributed by atoms with van der Waals surface area (Å²) >= 11 is 1.58. The van der Waals surface area contributed by atoms with Crippen molar-refractivity contribution in [1.82, 2.24) is 20.6 Å². The van der Waals surface area contributed by atoms with Gasteiger partial charge in [0.05, 0.1) is 17.4 Å². The van der Waals surface area contributed by atoms with E-state index >= 15 is 0 Å². The van der Waals surface area contributed by atoms with E-state index in [4.69, 9.17) is 0 Å². The number of amides is 1. The van der Waals surface area contributed by atoms with E-state index in [-0.39, 0.29) is 24.4 Å². The highest BCUT2D eigenvalue weighted by molar-refractivity contribution is 7.13. The molecule has 1 unspecified atom stereocenters. The zero-order valence-corrected chi connectivity index (χ0v) is 13.8. The van der Waals surface area contributed by atoms with Gasteiger partial charge in [-0.2, -0.15) is 0 Å². The van der Waals surface area contributed by atoms with Gasteiger partial charge in [-0.15, -0.1) is 23.7 Å². The van der Waals surface area contributed by atoms with E-state index in [1.165, 1.54) is 0 Å². The number of carbonyl (C=O) groups is 1. The van der Waals surface area contributed by atoms with Crippen LogP contribution < -0.4 is 10.6 Å². The highest BCUT2D eigenvalue weighted by Gasteiger charge is 2.20. The molecule has 5 nitrogen and oxygen atoms in total. The number of nitrogens with zero attached hydrogens (tertiary/aromatic N) is 2. The van der Waals surface area contributed by atoms with E-state index in [0.717, 1.165) is 42.2 Å². The molecule has 1 atom stereocenters. The molecule has 2 N–H and O–H groups in total. The van der Waals surface area contributed by atoms with Gasteiger partial charge < -0.3 is 10.6 Å². The van der Waals surface area contributed by atoms with Crippen LogP contribution in [0.4, 0.5) is 0 Å². The molecule has 1 saturated heterocycles. The van der Waals surface area contributed by atoms with Crippen LogP contribution in [0.5, 0.6) is 0 Å². The van der Waals surface area contributed by atoms with Gasteiger partial charge in [0.2, 0.25) is 5.91 Å². The van der Waals surface area contributed by atoms with Crippen LogP contribution >= 0.6 is 23.7 Å². The lowest BCUT2D eigenvalue weighted by molar-refractivity contribution is -0.122. The number of aromatic nitrogens is 2. The number of halogens is 1. The fraction of sp³-hybridized carbons (Fsp3) is 0.400. The third-order valence-corrected chi connectivity index (χ3v) is 4.41. The second-order valence-corrected chi connectivity index (χ2v) is 5.94. The molecular weight excluding hydrogens is 320 g/mol. The van der Waals surface area contributed by atoms with Crippen molar-refractivity contribution in [3.05, 3.63) is 35.5 Å². The topological polar surface area (TPSA) is 66.9 Å². The van der Waals surface area contributed by atoms with Crippen molar-refractivity contribution in [2.45, 2.75) is 31.8 Å².